The van der Waals surface area contributed by atoms with E-state index in [0.717, 1.165) is 22.4 Å². The van der Waals surface area contributed by atoms with Gasteiger partial charge in [0.05, 0.1) is 5.69 Å². The summed E-state index contributed by atoms with van der Waals surface area (Å²) in [5.41, 5.74) is 0.830. The summed E-state index contributed by atoms with van der Waals surface area (Å²) in [5, 5.41) is 1.45. The molecule has 1 fully saturated rings. The van der Waals surface area contributed by atoms with Crippen LogP contribution in [0.15, 0.2) is 29.3 Å². The van der Waals surface area contributed by atoms with Crippen molar-refractivity contribution in [3.8, 4) is 12.3 Å². The van der Waals surface area contributed by atoms with E-state index >= 15 is 0 Å². The molecule has 0 amide bonds. The van der Waals surface area contributed by atoms with Crippen molar-refractivity contribution in [1.82, 2.24) is 0 Å². The lowest BCUT2D eigenvalue weighted by atomic mass is 9.91. The molecule has 1 saturated carbocycles. The lowest BCUT2D eigenvalue weighted by Gasteiger charge is -2.20. The van der Waals surface area contributed by atoms with E-state index in [1.165, 1.54) is 32.1 Å². The quantitative estimate of drug-likeness (QED) is 0.417. The first-order valence-corrected chi connectivity index (χ1v) is 8.08. The molecular formula is C16H18ClNS. The maximum absolute atomic E-state index is 5.94. The van der Waals surface area contributed by atoms with Crippen LogP contribution >= 0.6 is 23.4 Å². The van der Waals surface area contributed by atoms with Crippen molar-refractivity contribution < 1.29 is 0 Å². The predicted octanol–water partition coefficient (Wildman–Crippen LogP) is 5.32. The molecule has 0 saturated heterocycles. The first kappa shape index (κ1) is 14.5. The van der Waals surface area contributed by atoms with Gasteiger partial charge in [-0.15, -0.1) is 6.42 Å². The number of halogens is 1. The van der Waals surface area contributed by atoms with E-state index in [9.17, 15) is 0 Å². The van der Waals surface area contributed by atoms with Gasteiger partial charge in [0.25, 0.3) is 0 Å². The third-order valence-electron chi connectivity index (χ3n) is 3.34. The first-order chi connectivity index (χ1) is 9.28. The van der Waals surface area contributed by atoms with Gasteiger partial charge >= 0.3 is 0 Å². The standard InChI is InChI=1S/C16H18ClNS/c1-2-16(18-15-10-6-9-14(17)11-15)19-12-13-7-4-3-5-8-13/h1,6,9-11,13H,3-5,7-8,12H2. The second-order valence-electron chi connectivity index (χ2n) is 4.86. The smallest absolute Gasteiger partial charge is 0.146 e. The maximum atomic E-state index is 5.94. The van der Waals surface area contributed by atoms with Crippen LogP contribution < -0.4 is 0 Å². The van der Waals surface area contributed by atoms with E-state index in [0.29, 0.717) is 5.02 Å². The molecule has 1 nitrogen and oxygen atoms in total. The Morgan fingerprint density at radius 2 is 2.16 bits per heavy atom. The topological polar surface area (TPSA) is 12.4 Å². The normalized spacial score (nSPS) is 17.2. The first-order valence-electron chi connectivity index (χ1n) is 6.71. The van der Waals surface area contributed by atoms with Gasteiger partial charge in [-0.1, -0.05) is 48.7 Å². The van der Waals surface area contributed by atoms with Crippen molar-refractivity contribution in [3.63, 3.8) is 0 Å². The molecule has 19 heavy (non-hydrogen) atoms. The summed E-state index contributed by atoms with van der Waals surface area (Å²) in [6, 6.07) is 7.48. The molecule has 3 heteroatoms. The number of thioether (sulfide) groups is 1. The van der Waals surface area contributed by atoms with Gasteiger partial charge in [-0.3, -0.25) is 0 Å². The molecule has 1 aromatic rings. The predicted molar refractivity (Wildman–Crippen MR) is 86.4 cm³/mol. The van der Waals surface area contributed by atoms with E-state index < -0.39 is 0 Å². The van der Waals surface area contributed by atoms with Gasteiger partial charge in [0.2, 0.25) is 0 Å². The number of nitrogens with zero attached hydrogens (tertiary/aromatic N) is 1. The highest BCUT2D eigenvalue weighted by Gasteiger charge is 2.14. The highest BCUT2D eigenvalue weighted by Crippen LogP contribution is 2.28. The van der Waals surface area contributed by atoms with Gasteiger partial charge in [-0.25, -0.2) is 4.99 Å². The second-order valence-corrected chi connectivity index (χ2v) is 6.30. The second kappa shape index (κ2) is 7.62. The number of rotatable bonds is 3. The largest absolute Gasteiger partial charge is 0.233 e. The number of hydrogen-bond acceptors (Lipinski definition) is 2. The van der Waals surface area contributed by atoms with Gasteiger partial charge in [0, 0.05) is 10.8 Å². The molecule has 0 radical (unpaired) electrons. The number of benzene rings is 1. The Balaban J connectivity index is 1.94. The lowest BCUT2D eigenvalue weighted by Crippen LogP contribution is -2.09. The van der Waals surface area contributed by atoms with Gasteiger partial charge < -0.3 is 0 Å². The molecule has 2 rings (SSSR count). The Labute approximate surface area is 124 Å². The van der Waals surface area contributed by atoms with Crippen LogP contribution in [0.4, 0.5) is 5.69 Å². The molecule has 100 valence electrons. The van der Waals surface area contributed by atoms with Gasteiger partial charge in [0.1, 0.15) is 5.04 Å². The number of aliphatic imine (C=N–C) groups is 1. The minimum absolute atomic E-state index is 0.690. The Hall–Kier alpha value is -0.910. The SMILES string of the molecule is C#CC(=Nc1cccc(Cl)c1)SCC1CCCCC1. The average Bonchev–Trinajstić information content (AvgIpc) is 2.44. The summed E-state index contributed by atoms with van der Waals surface area (Å²) in [6.07, 6.45) is 12.3. The van der Waals surface area contributed by atoms with Crippen molar-refractivity contribution >= 4 is 34.1 Å². The Morgan fingerprint density at radius 3 is 2.84 bits per heavy atom. The Kier molecular flexibility index (Phi) is 5.82. The summed E-state index contributed by atoms with van der Waals surface area (Å²) in [5.74, 6) is 4.57. The van der Waals surface area contributed by atoms with Crippen LogP contribution in [0.25, 0.3) is 0 Å². The zero-order valence-electron chi connectivity index (χ0n) is 10.9. The molecule has 1 aliphatic carbocycles. The lowest BCUT2D eigenvalue weighted by molar-refractivity contribution is 0.391. The molecule has 0 aromatic heterocycles. The molecule has 1 aromatic carbocycles. The third kappa shape index (κ3) is 4.93. The van der Waals surface area contributed by atoms with Crippen LogP contribution in [0, 0.1) is 18.3 Å². The summed E-state index contributed by atoms with van der Waals surface area (Å²) in [4.78, 5) is 4.48. The van der Waals surface area contributed by atoms with Crippen LogP contribution in [-0.4, -0.2) is 10.8 Å². The third-order valence-corrected chi connectivity index (χ3v) is 4.70. The molecule has 0 atom stereocenters. The van der Waals surface area contributed by atoms with Crippen molar-refractivity contribution in [2.75, 3.05) is 5.75 Å². The fourth-order valence-corrected chi connectivity index (χ4v) is 3.48. The fourth-order valence-electron chi connectivity index (χ4n) is 2.32. The van der Waals surface area contributed by atoms with Crippen molar-refractivity contribution in [2.24, 2.45) is 10.9 Å². The molecule has 0 unspecified atom stereocenters. The van der Waals surface area contributed by atoms with Crippen LogP contribution in [-0.2, 0) is 0 Å². The number of hydrogen-bond donors (Lipinski definition) is 0. The van der Waals surface area contributed by atoms with Crippen molar-refractivity contribution in [1.29, 1.82) is 0 Å². The fraction of sp³-hybridized carbons (Fsp3) is 0.438. The molecular weight excluding hydrogens is 274 g/mol. The molecule has 0 heterocycles. The Bertz CT molecular complexity index is 484. The highest BCUT2D eigenvalue weighted by molar-refractivity contribution is 8.14. The number of terminal acetylenes is 1. The van der Waals surface area contributed by atoms with E-state index in [4.69, 9.17) is 18.0 Å². The van der Waals surface area contributed by atoms with Crippen LogP contribution in [0.1, 0.15) is 32.1 Å². The monoisotopic (exact) mass is 291 g/mol. The minimum atomic E-state index is 0.690. The zero-order valence-corrected chi connectivity index (χ0v) is 12.5. The highest BCUT2D eigenvalue weighted by atomic mass is 35.5. The average molecular weight is 292 g/mol. The summed E-state index contributed by atoms with van der Waals surface area (Å²) in [7, 11) is 0. The van der Waals surface area contributed by atoms with Gasteiger partial charge in [-0.05, 0) is 42.9 Å². The molecule has 0 spiro atoms. The summed E-state index contributed by atoms with van der Waals surface area (Å²) < 4.78 is 0. The summed E-state index contributed by atoms with van der Waals surface area (Å²) >= 11 is 7.64. The van der Waals surface area contributed by atoms with Crippen LogP contribution in [0.3, 0.4) is 0 Å². The molecule has 0 aliphatic heterocycles. The minimum Gasteiger partial charge on any atom is -0.233 e. The van der Waals surface area contributed by atoms with Gasteiger partial charge in [-0.2, -0.15) is 0 Å². The van der Waals surface area contributed by atoms with Crippen LogP contribution in [0.5, 0.6) is 0 Å². The van der Waals surface area contributed by atoms with Crippen molar-refractivity contribution in [3.05, 3.63) is 29.3 Å². The zero-order chi connectivity index (χ0) is 13.5. The van der Waals surface area contributed by atoms with E-state index in [1.54, 1.807) is 11.8 Å². The van der Waals surface area contributed by atoms with E-state index in [2.05, 4.69) is 10.9 Å². The van der Waals surface area contributed by atoms with Gasteiger partial charge in [0.15, 0.2) is 0 Å². The molecule has 1 aliphatic rings. The maximum Gasteiger partial charge on any atom is 0.146 e. The summed E-state index contributed by atoms with van der Waals surface area (Å²) in [6.45, 7) is 0. The van der Waals surface area contributed by atoms with Crippen molar-refractivity contribution in [2.45, 2.75) is 32.1 Å². The molecule has 0 N–H and O–H groups in total. The molecule has 0 bridgehead atoms. The van der Waals surface area contributed by atoms with Crippen LogP contribution in [0.2, 0.25) is 5.02 Å². The van der Waals surface area contributed by atoms with E-state index in [1.807, 2.05) is 24.3 Å². The van der Waals surface area contributed by atoms with E-state index in [-0.39, 0.29) is 0 Å². The Morgan fingerprint density at radius 1 is 1.37 bits per heavy atom.